The number of hydroxylamine groups is 1. The molecule has 0 aliphatic heterocycles. The van der Waals surface area contributed by atoms with Crippen molar-refractivity contribution in [2.45, 2.75) is 0 Å². The van der Waals surface area contributed by atoms with Crippen LogP contribution in [0.2, 0.25) is 5.02 Å². The van der Waals surface area contributed by atoms with Crippen molar-refractivity contribution in [1.29, 1.82) is 0 Å². The van der Waals surface area contributed by atoms with E-state index in [2.05, 4.69) is 10.3 Å². The van der Waals surface area contributed by atoms with E-state index in [-0.39, 0.29) is 12.5 Å². The number of rotatable bonds is 5. The molecule has 0 saturated carbocycles. The van der Waals surface area contributed by atoms with Crippen LogP contribution in [0.15, 0.2) is 48.5 Å². The first-order valence-corrected chi connectivity index (χ1v) is 6.38. The predicted octanol–water partition coefficient (Wildman–Crippen LogP) is 3.06. The fraction of sp³-hybridized carbons (Fsp3) is 0.133. The van der Waals surface area contributed by atoms with E-state index in [0.29, 0.717) is 10.8 Å². The number of ether oxygens (including phenoxy) is 1. The van der Waals surface area contributed by atoms with Gasteiger partial charge < -0.3 is 4.74 Å². The van der Waals surface area contributed by atoms with Crippen LogP contribution in [0.5, 0.6) is 5.75 Å². The molecule has 0 saturated heterocycles. The number of hydrogen-bond acceptors (Lipinski definition) is 3. The summed E-state index contributed by atoms with van der Waals surface area (Å²) in [6.45, 7) is -0.155. The average Bonchev–Trinajstić information content (AvgIpc) is 2.47. The van der Waals surface area contributed by atoms with Gasteiger partial charge in [-0.25, -0.2) is 5.48 Å². The van der Waals surface area contributed by atoms with Gasteiger partial charge in [0.15, 0.2) is 6.61 Å². The second kappa shape index (κ2) is 6.93. The minimum absolute atomic E-state index is 0.155. The van der Waals surface area contributed by atoms with E-state index in [1.165, 1.54) is 7.11 Å². The summed E-state index contributed by atoms with van der Waals surface area (Å²) in [6, 6.07) is 15.3. The van der Waals surface area contributed by atoms with Crippen LogP contribution in [0, 0.1) is 0 Å². The highest BCUT2D eigenvalue weighted by atomic mass is 35.5. The molecular formula is C15H14ClNO3. The van der Waals surface area contributed by atoms with E-state index in [0.717, 1.165) is 11.1 Å². The average molecular weight is 292 g/mol. The van der Waals surface area contributed by atoms with E-state index >= 15 is 0 Å². The van der Waals surface area contributed by atoms with Gasteiger partial charge in [0, 0.05) is 0 Å². The van der Waals surface area contributed by atoms with Crippen molar-refractivity contribution in [3.63, 3.8) is 0 Å². The zero-order chi connectivity index (χ0) is 14.4. The molecule has 0 aliphatic carbocycles. The first-order chi connectivity index (χ1) is 9.70. The predicted molar refractivity (Wildman–Crippen MR) is 77.5 cm³/mol. The lowest BCUT2D eigenvalue weighted by Gasteiger charge is -2.09. The number of nitrogens with one attached hydrogen (secondary N) is 1. The Labute approximate surface area is 122 Å². The molecule has 0 atom stereocenters. The number of halogens is 1. The van der Waals surface area contributed by atoms with Gasteiger partial charge in [0.05, 0.1) is 12.1 Å². The lowest BCUT2D eigenvalue weighted by molar-refractivity contribution is -0.133. The van der Waals surface area contributed by atoms with Gasteiger partial charge in [-0.2, -0.15) is 0 Å². The molecule has 1 amide bonds. The van der Waals surface area contributed by atoms with E-state index in [9.17, 15) is 4.79 Å². The summed E-state index contributed by atoms with van der Waals surface area (Å²) in [4.78, 5) is 15.7. The lowest BCUT2D eigenvalue weighted by atomic mass is 10.1. The van der Waals surface area contributed by atoms with Crippen molar-refractivity contribution in [2.24, 2.45) is 0 Å². The first kappa shape index (κ1) is 14.4. The summed E-state index contributed by atoms with van der Waals surface area (Å²) in [5, 5.41) is 0.455. The summed E-state index contributed by atoms with van der Waals surface area (Å²) < 4.78 is 5.32. The van der Waals surface area contributed by atoms with Gasteiger partial charge in [-0.3, -0.25) is 9.63 Å². The molecule has 0 radical (unpaired) electrons. The topological polar surface area (TPSA) is 47.6 Å². The Balaban J connectivity index is 2.08. The fourth-order valence-electron chi connectivity index (χ4n) is 1.71. The van der Waals surface area contributed by atoms with Gasteiger partial charge in [-0.15, -0.1) is 0 Å². The van der Waals surface area contributed by atoms with E-state index in [1.54, 1.807) is 12.1 Å². The van der Waals surface area contributed by atoms with E-state index in [1.807, 2.05) is 36.4 Å². The minimum atomic E-state index is -0.379. The monoisotopic (exact) mass is 291 g/mol. The van der Waals surface area contributed by atoms with Crippen LogP contribution in [0.4, 0.5) is 0 Å². The standard InChI is InChI=1S/C15H14ClNO3/c1-19-17-15(18)10-20-14-8-7-12(9-13(14)16)11-5-3-2-4-6-11/h2-9H,10H2,1H3,(H,17,18). The van der Waals surface area contributed by atoms with Gasteiger partial charge in [-0.1, -0.05) is 48.0 Å². The van der Waals surface area contributed by atoms with E-state index in [4.69, 9.17) is 16.3 Å². The number of hydrogen-bond donors (Lipinski definition) is 1. The Morgan fingerprint density at radius 2 is 1.90 bits per heavy atom. The first-order valence-electron chi connectivity index (χ1n) is 6.00. The molecule has 0 spiro atoms. The second-order valence-corrected chi connectivity index (χ2v) is 4.44. The third-order valence-corrected chi connectivity index (χ3v) is 2.91. The Morgan fingerprint density at radius 3 is 2.55 bits per heavy atom. The molecule has 4 nitrogen and oxygen atoms in total. The maximum atomic E-state index is 11.2. The highest BCUT2D eigenvalue weighted by molar-refractivity contribution is 6.32. The summed E-state index contributed by atoms with van der Waals surface area (Å²) in [5.41, 5.74) is 4.22. The Bertz CT molecular complexity index is 587. The fourth-order valence-corrected chi connectivity index (χ4v) is 1.95. The molecular weight excluding hydrogens is 278 g/mol. The van der Waals surface area contributed by atoms with Crippen LogP contribution in [0.25, 0.3) is 11.1 Å². The largest absolute Gasteiger partial charge is 0.482 e. The van der Waals surface area contributed by atoms with Crippen LogP contribution in [-0.2, 0) is 9.63 Å². The third kappa shape index (κ3) is 3.73. The molecule has 0 bridgehead atoms. The molecule has 5 heteroatoms. The zero-order valence-electron chi connectivity index (χ0n) is 10.9. The maximum absolute atomic E-state index is 11.2. The van der Waals surface area contributed by atoms with Crippen LogP contribution >= 0.6 is 11.6 Å². The smallest absolute Gasteiger partial charge is 0.281 e. The van der Waals surface area contributed by atoms with Crippen molar-refractivity contribution < 1.29 is 14.4 Å². The van der Waals surface area contributed by atoms with Crippen molar-refractivity contribution in [3.05, 3.63) is 53.6 Å². The summed E-state index contributed by atoms with van der Waals surface area (Å²) in [7, 11) is 1.36. The van der Waals surface area contributed by atoms with Gasteiger partial charge in [0.25, 0.3) is 5.91 Å². The van der Waals surface area contributed by atoms with Crippen molar-refractivity contribution in [2.75, 3.05) is 13.7 Å². The third-order valence-electron chi connectivity index (χ3n) is 2.61. The molecule has 2 aromatic carbocycles. The Morgan fingerprint density at radius 1 is 1.15 bits per heavy atom. The normalized spacial score (nSPS) is 10.1. The number of carbonyl (C=O) groups is 1. The molecule has 0 fully saturated rings. The van der Waals surface area contributed by atoms with Crippen LogP contribution in [-0.4, -0.2) is 19.6 Å². The van der Waals surface area contributed by atoms with Crippen LogP contribution in [0.3, 0.4) is 0 Å². The van der Waals surface area contributed by atoms with Crippen LogP contribution in [0.1, 0.15) is 0 Å². The zero-order valence-corrected chi connectivity index (χ0v) is 11.7. The van der Waals surface area contributed by atoms with Gasteiger partial charge >= 0.3 is 0 Å². The molecule has 0 aliphatic rings. The number of amides is 1. The molecule has 0 aromatic heterocycles. The number of benzene rings is 2. The van der Waals surface area contributed by atoms with Crippen molar-refractivity contribution in [1.82, 2.24) is 5.48 Å². The molecule has 2 rings (SSSR count). The second-order valence-electron chi connectivity index (χ2n) is 4.03. The van der Waals surface area contributed by atoms with Crippen molar-refractivity contribution in [3.8, 4) is 16.9 Å². The quantitative estimate of drug-likeness (QED) is 0.861. The van der Waals surface area contributed by atoms with Gasteiger partial charge in [0.1, 0.15) is 5.75 Å². The van der Waals surface area contributed by atoms with Crippen molar-refractivity contribution >= 4 is 17.5 Å². The Hall–Kier alpha value is -2.04. The van der Waals surface area contributed by atoms with Gasteiger partial charge in [0.2, 0.25) is 0 Å². The summed E-state index contributed by atoms with van der Waals surface area (Å²) in [5.74, 6) is 0.0771. The highest BCUT2D eigenvalue weighted by Crippen LogP contribution is 2.30. The molecule has 0 unspecified atom stereocenters. The van der Waals surface area contributed by atoms with E-state index < -0.39 is 0 Å². The SMILES string of the molecule is CONC(=O)COc1ccc(-c2ccccc2)cc1Cl. The molecule has 2 aromatic rings. The molecule has 20 heavy (non-hydrogen) atoms. The Kier molecular flexibility index (Phi) is 4.98. The number of carbonyl (C=O) groups excluding carboxylic acids is 1. The van der Waals surface area contributed by atoms with Gasteiger partial charge in [-0.05, 0) is 23.3 Å². The summed E-state index contributed by atoms with van der Waals surface area (Å²) >= 11 is 6.15. The maximum Gasteiger partial charge on any atom is 0.281 e. The summed E-state index contributed by atoms with van der Waals surface area (Å²) in [6.07, 6.45) is 0. The minimum Gasteiger partial charge on any atom is -0.482 e. The molecule has 0 heterocycles. The molecule has 1 N–H and O–H groups in total. The highest BCUT2D eigenvalue weighted by Gasteiger charge is 2.07. The van der Waals surface area contributed by atoms with Crippen LogP contribution < -0.4 is 10.2 Å². The lowest BCUT2D eigenvalue weighted by Crippen LogP contribution is -2.27. The molecule has 104 valence electrons.